The van der Waals surface area contributed by atoms with Crippen molar-refractivity contribution in [2.45, 2.75) is 104 Å². The predicted octanol–water partition coefficient (Wildman–Crippen LogP) is 6.46. The molecular formula is C44H54B3BrN2O8. The van der Waals surface area contributed by atoms with Gasteiger partial charge in [-0.3, -0.25) is 19.4 Å². The largest absolute Gasteiger partial charge is 0.488 e. The Hall–Kier alpha value is -3.43. The lowest BCUT2D eigenvalue weighted by atomic mass is 9.49. The number of carbonyl (C=O) groups is 2. The average molecular weight is 851 g/mol. The van der Waals surface area contributed by atoms with Crippen LogP contribution >= 0.6 is 15.9 Å². The first-order valence-corrected chi connectivity index (χ1v) is 20.6. The molecule has 0 spiro atoms. The maximum atomic E-state index is 12.3. The van der Waals surface area contributed by atoms with Crippen molar-refractivity contribution in [2.75, 3.05) is 13.1 Å². The Morgan fingerprint density at radius 2 is 0.845 bits per heavy atom. The van der Waals surface area contributed by atoms with Crippen LogP contribution in [0.3, 0.4) is 0 Å². The average Bonchev–Trinajstić information content (AvgIpc) is 3.88. The van der Waals surface area contributed by atoms with E-state index in [2.05, 4.69) is 62.1 Å². The van der Waals surface area contributed by atoms with E-state index < -0.39 is 21.1 Å². The molecule has 0 saturated carbocycles. The van der Waals surface area contributed by atoms with E-state index in [4.69, 9.17) is 28.7 Å². The third-order valence-electron chi connectivity index (χ3n) is 12.0. The highest BCUT2D eigenvalue weighted by molar-refractivity contribution is 9.10. The van der Waals surface area contributed by atoms with Crippen molar-refractivity contribution in [1.29, 1.82) is 0 Å². The summed E-state index contributed by atoms with van der Waals surface area (Å²) in [6.45, 7) is 20.4. The highest BCUT2D eigenvalue weighted by atomic mass is 79.9. The quantitative estimate of drug-likeness (QED) is 0.151. The molecule has 304 valence electrons. The monoisotopic (exact) mass is 850 g/mol. The number of fused-ring (bicyclic) bond motifs is 2. The first-order valence-electron chi connectivity index (χ1n) is 19.8. The maximum Gasteiger partial charge on any atom is 0.488 e. The second-order valence-corrected chi connectivity index (χ2v) is 18.3. The summed E-state index contributed by atoms with van der Waals surface area (Å²) in [5, 5.41) is 18.1. The van der Waals surface area contributed by atoms with Crippen molar-refractivity contribution in [3.05, 3.63) is 135 Å². The molecule has 0 aromatic heterocycles. The van der Waals surface area contributed by atoms with Gasteiger partial charge >= 0.3 is 21.1 Å². The molecule has 4 aromatic carbocycles. The maximum absolute atomic E-state index is 12.3. The molecular weight excluding hydrogens is 797 g/mol. The van der Waals surface area contributed by atoms with Crippen molar-refractivity contribution in [3.8, 4) is 0 Å². The molecule has 2 fully saturated rings. The summed E-state index contributed by atoms with van der Waals surface area (Å²) in [5.41, 5.74) is 5.56. The molecule has 8 rings (SSSR count). The Balaban J connectivity index is 0.000000147. The Labute approximate surface area is 352 Å². The lowest BCUT2D eigenvalue weighted by Crippen LogP contribution is -2.41. The third-order valence-corrected chi connectivity index (χ3v) is 12.5. The second kappa shape index (κ2) is 17.7. The second-order valence-electron chi connectivity index (χ2n) is 17.4. The van der Waals surface area contributed by atoms with Crippen molar-refractivity contribution >= 4 is 54.1 Å². The topological polar surface area (TPSA) is 118 Å². The van der Waals surface area contributed by atoms with Gasteiger partial charge in [0.25, 0.3) is 0 Å². The first kappa shape index (κ1) is 44.1. The molecule has 2 N–H and O–H groups in total. The van der Waals surface area contributed by atoms with Gasteiger partial charge in [0.15, 0.2) is 11.6 Å². The summed E-state index contributed by atoms with van der Waals surface area (Å²) >= 11 is 3.38. The Morgan fingerprint density at radius 3 is 1.14 bits per heavy atom. The van der Waals surface area contributed by atoms with E-state index >= 15 is 0 Å². The number of hydrogen-bond donors (Lipinski definition) is 2. The van der Waals surface area contributed by atoms with Gasteiger partial charge < -0.3 is 28.7 Å². The van der Waals surface area contributed by atoms with Crippen molar-refractivity contribution in [2.24, 2.45) is 0 Å². The summed E-state index contributed by atoms with van der Waals surface area (Å²) < 4.78 is 24.8. The van der Waals surface area contributed by atoms with Gasteiger partial charge in [0.05, 0.1) is 35.5 Å². The first-order chi connectivity index (χ1) is 27.2. The molecule has 4 aliphatic rings. The molecule has 58 heavy (non-hydrogen) atoms. The Kier molecular flexibility index (Phi) is 13.4. The number of benzene rings is 4. The minimum atomic E-state index is -1.50. The minimum Gasteiger partial charge on any atom is -0.423 e. The zero-order valence-corrected chi connectivity index (χ0v) is 36.4. The van der Waals surface area contributed by atoms with Crippen LogP contribution in [0, 0.1) is 0 Å². The van der Waals surface area contributed by atoms with Crippen LogP contribution in [0.15, 0.2) is 102 Å². The zero-order valence-electron chi connectivity index (χ0n) is 34.8. The van der Waals surface area contributed by atoms with Gasteiger partial charge in [-0.05, 0) is 95.2 Å². The fraction of sp³-hybridized carbons (Fsp3) is 0.409. The molecule has 14 heteroatoms. The van der Waals surface area contributed by atoms with Gasteiger partial charge in [0.2, 0.25) is 0 Å². The molecule has 0 radical (unpaired) electrons. The van der Waals surface area contributed by atoms with E-state index in [1.54, 1.807) is 24.3 Å². The molecule has 0 bridgehead atoms. The van der Waals surface area contributed by atoms with Gasteiger partial charge in [0, 0.05) is 41.8 Å². The zero-order chi connectivity index (χ0) is 42.0. The normalized spacial score (nSPS) is 19.7. The Morgan fingerprint density at radius 1 is 0.552 bits per heavy atom. The molecule has 0 unspecified atom stereocenters. The summed E-state index contributed by atoms with van der Waals surface area (Å²) in [5.74, 6) is 0.224. The molecule has 4 aromatic rings. The van der Waals surface area contributed by atoms with E-state index in [1.165, 1.54) is 22.3 Å². The summed E-state index contributed by atoms with van der Waals surface area (Å²) in [6.07, 6.45) is 0. The van der Waals surface area contributed by atoms with Crippen molar-refractivity contribution < 1.29 is 38.3 Å². The molecule has 4 aliphatic heterocycles. The number of rotatable bonds is 8. The predicted molar refractivity (Wildman–Crippen MR) is 232 cm³/mol. The van der Waals surface area contributed by atoms with Crippen molar-refractivity contribution in [3.63, 3.8) is 0 Å². The summed E-state index contributed by atoms with van der Waals surface area (Å²) in [4.78, 5) is 28.8. The molecule has 0 atom stereocenters. The highest BCUT2D eigenvalue weighted by Crippen LogP contribution is 2.43. The molecule has 10 nitrogen and oxygen atoms in total. The fourth-order valence-electron chi connectivity index (χ4n) is 7.10. The number of hydrogen-bond acceptors (Lipinski definition) is 10. The summed E-state index contributed by atoms with van der Waals surface area (Å²) in [7, 11) is -2.45. The molecule has 0 aliphatic carbocycles. The lowest BCUT2D eigenvalue weighted by Gasteiger charge is -2.32. The van der Waals surface area contributed by atoms with E-state index in [-0.39, 0.29) is 34.0 Å². The van der Waals surface area contributed by atoms with E-state index in [1.807, 2.05) is 91.8 Å². The van der Waals surface area contributed by atoms with Crippen LogP contribution in [0.25, 0.3) is 0 Å². The number of halogens is 1. The van der Waals surface area contributed by atoms with Gasteiger partial charge in [0.1, 0.15) is 0 Å². The van der Waals surface area contributed by atoms with Crippen molar-refractivity contribution in [1.82, 2.24) is 9.80 Å². The van der Waals surface area contributed by atoms with Gasteiger partial charge in [-0.2, -0.15) is 0 Å². The van der Waals surface area contributed by atoms with Crippen LogP contribution in [0.5, 0.6) is 0 Å². The van der Waals surface area contributed by atoms with Crippen LogP contribution in [-0.2, 0) is 44.8 Å². The summed E-state index contributed by atoms with van der Waals surface area (Å²) in [6, 6.07) is 30.6. The standard InChI is InChI=1S/C16H16BNO3.C16H14BrNO.C12H24B2O4/c19-16(12-5-7-15(8-6-12)17(20)21)11-18-9-13-3-1-2-4-14(13)10-18;17-15-7-5-12(6-8-15)16(19)11-18-9-13-3-1-2-4-14(13)10-18;1-9(2)10(3,4)16-13(15-9)14-17-11(5,6)12(7,8)18-14/h1-8,20-21H,9-11H2;1-8H,9-11H2;1-8H3. The molecule has 2 saturated heterocycles. The smallest absolute Gasteiger partial charge is 0.423 e. The van der Waals surface area contributed by atoms with Gasteiger partial charge in [-0.25, -0.2) is 0 Å². The number of ketones is 2. The SMILES string of the molecule is CC1(C)OB(B2OC(C)(C)C(C)(C)O2)OC1(C)C.O=C(CN1Cc2ccccc2C1)c1ccc(B(O)O)cc1.O=C(CN1Cc2ccccc2C1)c1ccc(Br)cc1. The van der Waals surface area contributed by atoms with Crippen LogP contribution in [0.1, 0.15) is 98.4 Å². The van der Waals surface area contributed by atoms with Crippen LogP contribution in [0.2, 0.25) is 0 Å². The third kappa shape index (κ3) is 10.3. The van der Waals surface area contributed by atoms with Crippen LogP contribution < -0.4 is 5.46 Å². The van der Waals surface area contributed by atoms with E-state index in [0.29, 0.717) is 24.1 Å². The van der Waals surface area contributed by atoms with Gasteiger partial charge in [-0.15, -0.1) is 0 Å². The minimum absolute atomic E-state index is 0.0433. The van der Waals surface area contributed by atoms with Gasteiger partial charge in [-0.1, -0.05) is 101 Å². The number of Topliss-reactive ketones (excluding diaryl/α,β-unsaturated/α-hetero) is 2. The van der Waals surface area contributed by atoms with Crippen LogP contribution in [-0.4, -0.2) is 88.0 Å². The lowest BCUT2D eigenvalue weighted by molar-refractivity contribution is 0.00578. The fourth-order valence-corrected chi connectivity index (χ4v) is 7.36. The Bertz CT molecular complexity index is 1960. The van der Waals surface area contributed by atoms with E-state index in [9.17, 15) is 9.59 Å². The van der Waals surface area contributed by atoms with Crippen LogP contribution in [0.4, 0.5) is 0 Å². The highest BCUT2D eigenvalue weighted by Gasteiger charge is 2.63. The van der Waals surface area contributed by atoms with E-state index in [0.717, 1.165) is 36.2 Å². The molecule has 0 amide bonds. The molecule has 4 heterocycles. The number of nitrogens with zero attached hydrogens (tertiary/aromatic N) is 2. The number of carbonyl (C=O) groups excluding carboxylic acids is 2.